The smallest absolute Gasteiger partial charge is 0.334 e. The first-order chi connectivity index (χ1) is 16.7. The van der Waals surface area contributed by atoms with Crippen LogP contribution in [0.25, 0.3) is 6.08 Å². The molecule has 0 saturated carbocycles. The number of carbonyl (C=O) groups is 2. The van der Waals surface area contributed by atoms with Crippen LogP contribution in [-0.4, -0.2) is 44.9 Å². The maximum absolute atomic E-state index is 13.5. The van der Waals surface area contributed by atoms with Gasteiger partial charge in [0.05, 0.1) is 17.9 Å². The highest BCUT2D eigenvalue weighted by molar-refractivity contribution is 8.03. The molecule has 7 heteroatoms. The quantitative estimate of drug-likeness (QED) is 0.334. The number of hydrogen-bond acceptors (Lipinski definition) is 6. The van der Waals surface area contributed by atoms with E-state index < -0.39 is 18.1 Å². The van der Waals surface area contributed by atoms with Crippen molar-refractivity contribution in [1.82, 2.24) is 9.88 Å². The summed E-state index contributed by atoms with van der Waals surface area (Å²) >= 11 is 1.39. The molecule has 2 atom stereocenters. The Morgan fingerprint density at radius 3 is 2.26 bits per heavy atom. The van der Waals surface area contributed by atoms with Gasteiger partial charge in [0.2, 0.25) is 0 Å². The maximum atomic E-state index is 13.5. The van der Waals surface area contributed by atoms with Gasteiger partial charge in [-0.3, -0.25) is 9.78 Å². The third-order valence-corrected chi connectivity index (χ3v) is 6.99. The number of nitrogens with zero attached hydrogens (tertiary/aromatic N) is 2. The Kier molecular flexibility index (Phi) is 6.29. The molecule has 3 heterocycles. The van der Waals surface area contributed by atoms with E-state index in [0.29, 0.717) is 16.8 Å². The van der Waals surface area contributed by atoms with Crippen LogP contribution >= 0.6 is 11.8 Å². The molecule has 1 fully saturated rings. The number of pyridine rings is 1. The number of rotatable bonds is 6. The zero-order chi connectivity index (χ0) is 23.5. The number of hydrogen-bond donors (Lipinski definition) is 1. The molecular formula is C27H22N2O4S. The summed E-state index contributed by atoms with van der Waals surface area (Å²) in [4.78, 5) is 32.4. The molecule has 1 aromatic heterocycles. The van der Waals surface area contributed by atoms with Crippen molar-refractivity contribution >= 4 is 29.7 Å². The average Bonchev–Trinajstić information content (AvgIpc) is 2.90. The molecule has 170 valence electrons. The van der Waals surface area contributed by atoms with Gasteiger partial charge in [0, 0.05) is 6.20 Å². The van der Waals surface area contributed by atoms with Gasteiger partial charge in [-0.25, -0.2) is 4.79 Å². The Bertz CT molecular complexity index is 1210. The van der Waals surface area contributed by atoms with Gasteiger partial charge in [-0.1, -0.05) is 66.7 Å². The van der Waals surface area contributed by atoms with Crippen molar-refractivity contribution in [3.8, 4) is 0 Å². The van der Waals surface area contributed by atoms with Crippen molar-refractivity contribution < 1.29 is 19.4 Å². The molecule has 0 radical (unpaired) electrons. The van der Waals surface area contributed by atoms with Gasteiger partial charge in [-0.05, 0) is 40.3 Å². The van der Waals surface area contributed by atoms with E-state index in [0.717, 1.165) is 11.1 Å². The molecule has 34 heavy (non-hydrogen) atoms. The summed E-state index contributed by atoms with van der Waals surface area (Å²) < 4.78 is 6.02. The number of aliphatic hydroxyl groups is 1. The number of β-lactam (4-membered cyclic amide) rings is 1. The number of benzene rings is 2. The zero-order valence-electron chi connectivity index (χ0n) is 18.2. The monoisotopic (exact) mass is 470 g/mol. The maximum Gasteiger partial charge on any atom is 0.334 e. The number of amides is 1. The Labute approximate surface area is 201 Å². The highest BCUT2D eigenvalue weighted by Crippen LogP contribution is 2.44. The van der Waals surface area contributed by atoms with Crippen molar-refractivity contribution in [1.29, 1.82) is 0 Å². The summed E-state index contributed by atoms with van der Waals surface area (Å²) in [5.74, 6) is -0.839. The molecule has 0 bridgehead atoms. The van der Waals surface area contributed by atoms with Crippen LogP contribution in [0.2, 0.25) is 0 Å². The molecule has 3 aromatic rings. The predicted octanol–water partition coefficient (Wildman–Crippen LogP) is 3.96. The summed E-state index contributed by atoms with van der Waals surface area (Å²) in [7, 11) is 0. The Morgan fingerprint density at radius 1 is 1.03 bits per heavy atom. The van der Waals surface area contributed by atoms with Crippen LogP contribution in [0.3, 0.4) is 0 Å². The number of esters is 1. The molecule has 6 nitrogen and oxygen atoms in total. The van der Waals surface area contributed by atoms with Crippen LogP contribution in [0.1, 0.15) is 22.9 Å². The van der Waals surface area contributed by atoms with Crippen LogP contribution < -0.4 is 0 Å². The Morgan fingerprint density at radius 2 is 1.68 bits per heavy atom. The first kappa shape index (κ1) is 22.1. The molecule has 0 aliphatic carbocycles. The molecule has 1 saturated heterocycles. The minimum absolute atomic E-state index is 0.264. The van der Waals surface area contributed by atoms with Crippen molar-refractivity contribution in [2.75, 3.05) is 6.61 Å². The lowest BCUT2D eigenvalue weighted by atomic mass is 9.96. The molecular weight excluding hydrogens is 448 g/mol. The molecule has 0 unspecified atom stereocenters. The molecule has 2 aromatic carbocycles. The lowest BCUT2D eigenvalue weighted by Crippen LogP contribution is -2.62. The largest absolute Gasteiger partial charge is 0.451 e. The Balaban J connectivity index is 1.44. The third-order valence-electron chi connectivity index (χ3n) is 5.81. The van der Waals surface area contributed by atoms with Gasteiger partial charge < -0.3 is 14.7 Å². The van der Waals surface area contributed by atoms with E-state index in [2.05, 4.69) is 4.98 Å². The minimum atomic E-state index is -0.987. The number of thioether (sulfide) groups is 1. The fourth-order valence-electron chi connectivity index (χ4n) is 4.14. The zero-order valence-corrected chi connectivity index (χ0v) is 19.0. The highest BCUT2D eigenvalue weighted by Gasteiger charge is 2.52. The SMILES string of the molecule is O=C(OC(c1ccccc1)c1ccccc1)[C@H]1C(CO)=CS[C@@H]2/C(=C\c3ccccn3)C(=O)N12. The molecule has 1 N–H and O–H groups in total. The lowest BCUT2D eigenvalue weighted by Gasteiger charge is -2.48. The van der Waals surface area contributed by atoms with Crippen LogP contribution in [0.5, 0.6) is 0 Å². The van der Waals surface area contributed by atoms with E-state index in [1.54, 1.807) is 17.7 Å². The van der Waals surface area contributed by atoms with E-state index in [1.807, 2.05) is 78.9 Å². The second kappa shape index (κ2) is 9.67. The third kappa shape index (κ3) is 4.16. The Hall–Kier alpha value is -3.68. The van der Waals surface area contributed by atoms with Gasteiger partial charge in [0.1, 0.15) is 5.37 Å². The topological polar surface area (TPSA) is 79.7 Å². The average molecular weight is 471 g/mol. The number of ether oxygens (including phenoxy) is 1. The van der Waals surface area contributed by atoms with Gasteiger partial charge in [-0.15, -0.1) is 11.8 Å². The van der Waals surface area contributed by atoms with Crippen molar-refractivity contribution in [2.45, 2.75) is 17.5 Å². The van der Waals surface area contributed by atoms with Crippen LogP contribution in [-0.2, 0) is 14.3 Å². The second-order valence-corrected chi connectivity index (χ2v) is 8.90. The summed E-state index contributed by atoms with van der Waals surface area (Å²) in [5.41, 5.74) is 3.33. The van der Waals surface area contributed by atoms with Crippen LogP contribution in [0.4, 0.5) is 0 Å². The predicted molar refractivity (Wildman–Crippen MR) is 130 cm³/mol. The van der Waals surface area contributed by atoms with E-state index in [4.69, 9.17) is 4.74 Å². The summed E-state index contributed by atoms with van der Waals surface area (Å²) in [6, 6.07) is 23.4. The standard InChI is InChI=1S/C27H22N2O4S/c30-16-20-17-34-26-22(15-21-13-7-8-14-28-21)25(31)29(26)23(20)27(32)33-24(18-9-3-1-4-10-18)19-11-5-2-6-12-19/h1-15,17,23-24,26,30H,16H2/b22-15-/t23-,26-/m1/s1. The first-order valence-electron chi connectivity index (χ1n) is 10.9. The number of aliphatic hydroxyl groups excluding tert-OH is 1. The van der Waals surface area contributed by atoms with Crippen molar-refractivity contribution in [2.24, 2.45) is 0 Å². The molecule has 2 aliphatic rings. The van der Waals surface area contributed by atoms with Gasteiger partial charge in [0.15, 0.2) is 12.1 Å². The van der Waals surface area contributed by atoms with E-state index in [-0.39, 0.29) is 17.9 Å². The van der Waals surface area contributed by atoms with Crippen molar-refractivity contribution in [3.05, 3.63) is 118 Å². The summed E-state index contributed by atoms with van der Waals surface area (Å²) in [6.45, 7) is -0.343. The first-order valence-corrected chi connectivity index (χ1v) is 11.8. The fourth-order valence-corrected chi connectivity index (χ4v) is 5.31. The van der Waals surface area contributed by atoms with Crippen LogP contribution in [0.15, 0.2) is 102 Å². The summed E-state index contributed by atoms with van der Waals surface area (Å²) in [6.07, 6.45) is 2.77. The summed E-state index contributed by atoms with van der Waals surface area (Å²) in [5, 5.41) is 11.4. The molecule has 1 amide bonds. The highest BCUT2D eigenvalue weighted by atomic mass is 32.2. The minimum Gasteiger partial charge on any atom is -0.451 e. The lowest BCUT2D eigenvalue weighted by molar-refractivity contribution is -0.159. The second-order valence-electron chi connectivity index (χ2n) is 7.95. The van der Waals surface area contributed by atoms with Gasteiger partial charge >= 0.3 is 5.97 Å². The van der Waals surface area contributed by atoms with Crippen LogP contribution in [0, 0.1) is 0 Å². The van der Waals surface area contributed by atoms with Gasteiger partial charge in [0.25, 0.3) is 5.91 Å². The van der Waals surface area contributed by atoms with E-state index in [9.17, 15) is 14.7 Å². The van der Waals surface area contributed by atoms with Gasteiger partial charge in [-0.2, -0.15) is 0 Å². The number of fused-ring (bicyclic) bond motifs is 1. The van der Waals surface area contributed by atoms with E-state index in [1.165, 1.54) is 16.7 Å². The van der Waals surface area contributed by atoms with Crippen molar-refractivity contribution in [3.63, 3.8) is 0 Å². The molecule has 0 spiro atoms. The molecule has 5 rings (SSSR count). The fraction of sp³-hybridized carbons (Fsp3) is 0.148. The van der Waals surface area contributed by atoms with E-state index >= 15 is 0 Å². The normalized spacial score (nSPS) is 20.5. The number of aromatic nitrogens is 1. The molecule has 2 aliphatic heterocycles. The number of carbonyl (C=O) groups excluding carboxylic acids is 2.